The van der Waals surface area contributed by atoms with Crippen molar-refractivity contribution in [3.05, 3.63) is 0 Å². The molecular formula is C11H21NO3. The van der Waals surface area contributed by atoms with Crippen molar-refractivity contribution in [3.8, 4) is 0 Å². The predicted molar refractivity (Wildman–Crippen MR) is 57.9 cm³/mol. The quantitative estimate of drug-likeness (QED) is 0.693. The standard InChI is InChI=1S/C11H21NO3/c1-8(2)12(6-11(13)14)10(7-15-3)9-4-5-9/h8-10H,4-7H2,1-3H3,(H,13,14). The summed E-state index contributed by atoms with van der Waals surface area (Å²) in [5.41, 5.74) is 0. The average molecular weight is 215 g/mol. The average Bonchev–Trinajstić information content (AvgIpc) is 2.93. The topological polar surface area (TPSA) is 49.8 Å². The Hall–Kier alpha value is -0.610. The fourth-order valence-electron chi connectivity index (χ4n) is 1.99. The van der Waals surface area contributed by atoms with Gasteiger partial charge < -0.3 is 9.84 Å². The van der Waals surface area contributed by atoms with Gasteiger partial charge in [0.2, 0.25) is 0 Å². The lowest BCUT2D eigenvalue weighted by atomic mass is 10.1. The molecule has 1 aliphatic carbocycles. The van der Waals surface area contributed by atoms with Crippen LogP contribution in [0.15, 0.2) is 0 Å². The molecule has 1 aliphatic rings. The maximum absolute atomic E-state index is 10.8. The highest BCUT2D eigenvalue weighted by Crippen LogP contribution is 2.36. The van der Waals surface area contributed by atoms with Gasteiger partial charge in [-0.15, -0.1) is 0 Å². The number of aliphatic carboxylic acids is 1. The monoisotopic (exact) mass is 215 g/mol. The molecule has 4 heteroatoms. The van der Waals surface area contributed by atoms with Crippen LogP contribution in [0.2, 0.25) is 0 Å². The highest BCUT2D eigenvalue weighted by molar-refractivity contribution is 5.69. The van der Waals surface area contributed by atoms with E-state index in [1.54, 1.807) is 7.11 Å². The largest absolute Gasteiger partial charge is 0.480 e. The Kier molecular flexibility index (Phi) is 4.54. The van der Waals surface area contributed by atoms with Crippen LogP contribution in [0.5, 0.6) is 0 Å². The van der Waals surface area contributed by atoms with E-state index < -0.39 is 5.97 Å². The first-order chi connectivity index (χ1) is 7.06. The minimum absolute atomic E-state index is 0.113. The fourth-order valence-corrected chi connectivity index (χ4v) is 1.99. The first kappa shape index (κ1) is 12.5. The lowest BCUT2D eigenvalue weighted by Crippen LogP contribution is -2.47. The first-order valence-electron chi connectivity index (χ1n) is 5.52. The van der Waals surface area contributed by atoms with Crippen molar-refractivity contribution < 1.29 is 14.6 Å². The number of carbonyl (C=O) groups is 1. The molecule has 0 aliphatic heterocycles. The van der Waals surface area contributed by atoms with Crippen molar-refractivity contribution in [1.82, 2.24) is 4.90 Å². The van der Waals surface area contributed by atoms with Crippen LogP contribution < -0.4 is 0 Å². The maximum atomic E-state index is 10.8. The van der Waals surface area contributed by atoms with Crippen molar-refractivity contribution in [2.45, 2.75) is 38.8 Å². The Morgan fingerprint density at radius 3 is 2.47 bits per heavy atom. The van der Waals surface area contributed by atoms with E-state index in [4.69, 9.17) is 9.84 Å². The van der Waals surface area contributed by atoms with Gasteiger partial charge in [0.25, 0.3) is 0 Å². The molecule has 0 aromatic carbocycles. The zero-order valence-electron chi connectivity index (χ0n) is 9.77. The third kappa shape index (κ3) is 3.80. The Morgan fingerprint density at radius 1 is 1.53 bits per heavy atom. The number of hydrogen-bond acceptors (Lipinski definition) is 3. The Balaban J connectivity index is 2.60. The minimum atomic E-state index is -0.759. The molecule has 1 unspecified atom stereocenters. The van der Waals surface area contributed by atoms with Crippen LogP contribution in [0.3, 0.4) is 0 Å². The van der Waals surface area contributed by atoms with Gasteiger partial charge in [-0.05, 0) is 32.6 Å². The molecule has 1 fully saturated rings. The van der Waals surface area contributed by atoms with Crippen molar-refractivity contribution in [2.24, 2.45) is 5.92 Å². The van der Waals surface area contributed by atoms with Crippen LogP contribution in [-0.2, 0) is 9.53 Å². The normalized spacial score (nSPS) is 18.5. The smallest absolute Gasteiger partial charge is 0.317 e. The van der Waals surface area contributed by atoms with Gasteiger partial charge in [0.15, 0.2) is 0 Å². The number of carboxylic acids is 1. The molecule has 1 saturated carbocycles. The summed E-state index contributed by atoms with van der Waals surface area (Å²) in [6.07, 6.45) is 2.41. The molecule has 1 atom stereocenters. The summed E-state index contributed by atoms with van der Waals surface area (Å²) >= 11 is 0. The molecule has 4 nitrogen and oxygen atoms in total. The van der Waals surface area contributed by atoms with E-state index in [0.29, 0.717) is 12.5 Å². The van der Waals surface area contributed by atoms with Gasteiger partial charge in [-0.2, -0.15) is 0 Å². The van der Waals surface area contributed by atoms with E-state index >= 15 is 0 Å². The molecule has 0 saturated heterocycles. The molecular weight excluding hydrogens is 194 g/mol. The van der Waals surface area contributed by atoms with Crippen molar-refractivity contribution in [3.63, 3.8) is 0 Å². The summed E-state index contributed by atoms with van der Waals surface area (Å²) < 4.78 is 5.18. The van der Waals surface area contributed by atoms with Gasteiger partial charge >= 0.3 is 5.97 Å². The Bertz CT molecular complexity index is 214. The maximum Gasteiger partial charge on any atom is 0.317 e. The third-order valence-electron chi connectivity index (χ3n) is 2.91. The van der Waals surface area contributed by atoms with Crippen LogP contribution in [0, 0.1) is 5.92 Å². The molecule has 0 aromatic rings. The number of nitrogens with zero attached hydrogens (tertiary/aromatic N) is 1. The molecule has 88 valence electrons. The van der Waals surface area contributed by atoms with E-state index in [1.165, 1.54) is 12.8 Å². The molecule has 0 radical (unpaired) electrons. The molecule has 0 aromatic heterocycles. The lowest BCUT2D eigenvalue weighted by Gasteiger charge is -2.33. The second-order valence-corrected chi connectivity index (χ2v) is 4.52. The molecule has 15 heavy (non-hydrogen) atoms. The molecule has 0 amide bonds. The van der Waals surface area contributed by atoms with Gasteiger partial charge in [0, 0.05) is 19.2 Å². The Morgan fingerprint density at radius 2 is 2.13 bits per heavy atom. The van der Waals surface area contributed by atoms with Crippen LogP contribution in [0.4, 0.5) is 0 Å². The van der Waals surface area contributed by atoms with Crippen LogP contribution in [-0.4, -0.2) is 48.3 Å². The third-order valence-corrected chi connectivity index (χ3v) is 2.91. The van der Waals surface area contributed by atoms with Crippen molar-refractivity contribution >= 4 is 5.97 Å². The molecule has 0 spiro atoms. The van der Waals surface area contributed by atoms with Gasteiger partial charge in [-0.3, -0.25) is 9.69 Å². The number of carboxylic acid groups (broad SMARTS) is 1. The van der Waals surface area contributed by atoms with Crippen LogP contribution >= 0.6 is 0 Å². The van der Waals surface area contributed by atoms with E-state index in [-0.39, 0.29) is 18.6 Å². The summed E-state index contributed by atoms with van der Waals surface area (Å²) in [7, 11) is 1.68. The molecule has 1 rings (SSSR count). The van der Waals surface area contributed by atoms with Gasteiger partial charge in [0.05, 0.1) is 13.2 Å². The minimum Gasteiger partial charge on any atom is -0.480 e. The summed E-state index contributed by atoms with van der Waals surface area (Å²) in [5.74, 6) is -0.128. The number of rotatable bonds is 7. The SMILES string of the molecule is COCC(C1CC1)N(CC(=O)O)C(C)C. The van der Waals surface area contributed by atoms with Gasteiger partial charge in [-0.1, -0.05) is 0 Å². The van der Waals surface area contributed by atoms with Gasteiger partial charge in [0.1, 0.15) is 0 Å². The highest BCUT2D eigenvalue weighted by Gasteiger charge is 2.36. The van der Waals surface area contributed by atoms with E-state index in [0.717, 1.165) is 0 Å². The Labute approximate surface area is 91.2 Å². The fraction of sp³-hybridized carbons (Fsp3) is 0.909. The predicted octanol–water partition coefficient (Wildman–Crippen LogP) is 1.21. The molecule has 1 N–H and O–H groups in total. The first-order valence-corrected chi connectivity index (χ1v) is 5.52. The zero-order chi connectivity index (χ0) is 11.4. The molecule has 0 bridgehead atoms. The van der Waals surface area contributed by atoms with Crippen LogP contribution in [0.25, 0.3) is 0 Å². The zero-order valence-corrected chi connectivity index (χ0v) is 9.77. The van der Waals surface area contributed by atoms with Gasteiger partial charge in [-0.25, -0.2) is 0 Å². The summed E-state index contributed by atoms with van der Waals surface area (Å²) in [4.78, 5) is 12.8. The van der Waals surface area contributed by atoms with Crippen molar-refractivity contribution in [1.29, 1.82) is 0 Å². The van der Waals surface area contributed by atoms with Crippen molar-refractivity contribution in [2.75, 3.05) is 20.3 Å². The number of hydrogen-bond donors (Lipinski definition) is 1. The van der Waals surface area contributed by atoms with E-state index in [9.17, 15) is 4.79 Å². The summed E-state index contributed by atoms with van der Waals surface area (Å²) in [6.45, 7) is 4.82. The molecule has 0 heterocycles. The second-order valence-electron chi connectivity index (χ2n) is 4.52. The number of ether oxygens (including phenoxy) is 1. The van der Waals surface area contributed by atoms with Crippen LogP contribution in [0.1, 0.15) is 26.7 Å². The highest BCUT2D eigenvalue weighted by atomic mass is 16.5. The summed E-state index contributed by atoms with van der Waals surface area (Å²) in [6, 6.07) is 0.521. The van der Waals surface area contributed by atoms with E-state index in [2.05, 4.69) is 0 Å². The second kappa shape index (κ2) is 5.47. The number of methoxy groups -OCH3 is 1. The lowest BCUT2D eigenvalue weighted by molar-refractivity contribution is -0.140. The van der Waals surface area contributed by atoms with E-state index in [1.807, 2.05) is 18.7 Å². The summed E-state index contributed by atoms with van der Waals surface area (Å²) in [5, 5.41) is 8.87.